The van der Waals surface area contributed by atoms with Crippen molar-refractivity contribution in [3.63, 3.8) is 0 Å². The van der Waals surface area contributed by atoms with Gasteiger partial charge in [-0.2, -0.15) is 0 Å². The highest BCUT2D eigenvalue weighted by Crippen LogP contribution is 2.21. The molecule has 1 N–H and O–H groups in total. The summed E-state index contributed by atoms with van der Waals surface area (Å²) in [6, 6.07) is 0.786. The van der Waals surface area contributed by atoms with E-state index < -0.39 is 40.8 Å². The number of carboxylic acids is 1. The number of likely N-dealkylation sites (tertiary alicyclic amines) is 1. The lowest BCUT2D eigenvalue weighted by molar-refractivity contribution is -0.141. The van der Waals surface area contributed by atoms with Crippen molar-refractivity contribution in [2.75, 3.05) is 13.1 Å². The lowest BCUT2D eigenvalue weighted by atomic mass is 10.1. The van der Waals surface area contributed by atoms with Crippen molar-refractivity contribution < 1.29 is 27.9 Å². The van der Waals surface area contributed by atoms with E-state index in [9.17, 15) is 22.8 Å². The predicted molar refractivity (Wildman–Crippen MR) is 58.0 cm³/mol. The van der Waals surface area contributed by atoms with E-state index in [4.69, 9.17) is 5.11 Å². The standard InChI is InChI=1S/C12H10F3NO3/c13-8-4-10(15)9(14)3-7(8)11(17)16-2-1-6(5-16)12(18)19/h3-4,6H,1-2,5H2,(H,18,19). The van der Waals surface area contributed by atoms with Crippen molar-refractivity contribution in [3.05, 3.63) is 35.1 Å². The van der Waals surface area contributed by atoms with Gasteiger partial charge in [-0.3, -0.25) is 9.59 Å². The molecule has 1 heterocycles. The summed E-state index contributed by atoms with van der Waals surface area (Å²) in [5, 5.41) is 8.80. The molecule has 1 amide bonds. The van der Waals surface area contributed by atoms with Gasteiger partial charge in [-0.05, 0) is 12.5 Å². The molecule has 1 fully saturated rings. The van der Waals surface area contributed by atoms with E-state index in [0.717, 1.165) is 4.90 Å². The van der Waals surface area contributed by atoms with Gasteiger partial charge in [-0.25, -0.2) is 13.2 Å². The van der Waals surface area contributed by atoms with E-state index in [-0.39, 0.29) is 19.5 Å². The van der Waals surface area contributed by atoms with Gasteiger partial charge in [0, 0.05) is 19.2 Å². The summed E-state index contributed by atoms with van der Waals surface area (Å²) < 4.78 is 39.2. The van der Waals surface area contributed by atoms with E-state index in [1.165, 1.54) is 0 Å². The van der Waals surface area contributed by atoms with E-state index in [2.05, 4.69) is 0 Å². The fourth-order valence-corrected chi connectivity index (χ4v) is 2.00. The minimum atomic E-state index is -1.38. The van der Waals surface area contributed by atoms with Gasteiger partial charge in [0.2, 0.25) is 0 Å². The van der Waals surface area contributed by atoms with Crippen molar-refractivity contribution >= 4 is 11.9 Å². The van der Waals surface area contributed by atoms with Crippen molar-refractivity contribution in [2.45, 2.75) is 6.42 Å². The summed E-state index contributed by atoms with van der Waals surface area (Å²) in [5.74, 6) is -6.45. The first kappa shape index (κ1) is 13.4. The molecule has 7 heteroatoms. The SMILES string of the molecule is O=C(O)C1CCN(C(=O)c2cc(F)c(F)cc2F)C1. The van der Waals surface area contributed by atoms with Crippen LogP contribution in [0.1, 0.15) is 16.8 Å². The molecule has 1 aromatic carbocycles. The van der Waals surface area contributed by atoms with E-state index >= 15 is 0 Å². The monoisotopic (exact) mass is 273 g/mol. The zero-order valence-corrected chi connectivity index (χ0v) is 9.70. The minimum absolute atomic E-state index is 0.0629. The molecule has 1 aromatic rings. The van der Waals surface area contributed by atoms with Crippen LogP contribution in [0.25, 0.3) is 0 Å². The molecule has 1 saturated heterocycles. The Morgan fingerprint density at radius 1 is 1.16 bits per heavy atom. The van der Waals surface area contributed by atoms with Crippen LogP contribution >= 0.6 is 0 Å². The number of carboxylic acid groups (broad SMARTS) is 1. The van der Waals surface area contributed by atoms with Crippen LogP contribution < -0.4 is 0 Å². The highest BCUT2D eigenvalue weighted by atomic mass is 19.2. The van der Waals surface area contributed by atoms with Crippen LogP contribution in [0.2, 0.25) is 0 Å². The molecule has 1 aliphatic rings. The Labute approximate surface area is 106 Å². The number of nitrogens with zero attached hydrogens (tertiary/aromatic N) is 1. The summed E-state index contributed by atoms with van der Waals surface area (Å²) in [6.07, 6.45) is 0.256. The van der Waals surface area contributed by atoms with Crippen molar-refractivity contribution in [1.29, 1.82) is 0 Å². The number of amides is 1. The van der Waals surface area contributed by atoms with Crippen LogP contribution in [0.3, 0.4) is 0 Å². The van der Waals surface area contributed by atoms with E-state index in [1.807, 2.05) is 0 Å². The van der Waals surface area contributed by atoms with Gasteiger partial charge in [0.05, 0.1) is 11.5 Å². The van der Waals surface area contributed by atoms with Gasteiger partial charge in [-0.1, -0.05) is 0 Å². The maximum Gasteiger partial charge on any atom is 0.308 e. The number of halogens is 3. The third kappa shape index (κ3) is 2.54. The number of hydrogen-bond acceptors (Lipinski definition) is 2. The van der Waals surface area contributed by atoms with Gasteiger partial charge >= 0.3 is 5.97 Å². The lowest BCUT2D eigenvalue weighted by Crippen LogP contribution is -2.30. The fraction of sp³-hybridized carbons (Fsp3) is 0.333. The highest BCUT2D eigenvalue weighted by Gasteiger charge is 2.32. The zero-order valence-electron chi connectivity index (χ0n) is 9.70. The Hall–Kier alpha value is -2.05. The lowest BCUT2D eigenvalue weighted by Gasteiger charge is -2.16. The largest absolute Gasteiger partial charge is 0.481 e. The number of aliphatic carboxylic acids is 1. The summed E-state index contributed by atoms with van der Waals surface area (Å²) in [4.78, 5) is 23.8. The Morgan fingerprint density at radius 3 is 2.37 bits per heavy atom. The number of carbonyl (C=O) groups is 2. The predicted octanol–water partition coefficient (Wildman–Crippen LogP) is 1.65. The van der Waals surface area contributed by atoms with Crippen LogP contribution in [0, 0.1) is 23.4 Å². The molecule has 0 bridgehead atoms. The van der Waals surface area contributed by atoms with Crippen molar-refractivity contribution in [2.24, 2.45) is 5.92 Å². The molecular weight excluding hydrogens is 263 g/mol. The molecule has 1 aliphatic heterocycles. The average Bonchev–Trinajstić information content (AvgIpc) is 2.82. The van der Waals surface area contributed by atoms with Gasteiger partial charge in [0.15, 0.2) is 11.6 Å². The number of hydrogen-bond donors (Lipinski definition) is 1. The summed E-state index contributed by atoms with van der Waals surface area (Å²) in [5.41, 5.74) is -0.593. The van der Waals surface area contributed by atoms with Gasteiger partial charge in [0.1, 0.15) is 5.82 Å². The second kappa shape index (κ2) is 4.91. The summed E-state index contributed by atoms with van der Waals surface area (Å²) in [7, 11) is 0. The smallest absolute Gasteiger partial charge is 0.308 e. The second-order valence-corrected chi connectivity index (χ2v) is 4.32. The Morgan fingerprint density at radius 2 is 1.79 bits per heavy atom. The molecule has 0 aromatic heterocycles. The Kier molecular flexibility index (Phi) is 3.46. The molecule has 0 saturated carbocycles. The molecule has 19 heavy (non-hydrogen) atoms. The molecule has 1 unspecified atom stereocenters. The van der Waals surface area contributed by atoms with Crippen LogP contribution in [0.5, 0.6) is 0 Å². The number of rotatable bonds is 2. The summed E-state index contributed by atoms with van der Waals surface area (Å²) in [6.45, 7) is 0.0842. The third-order valence-corrected chi connectivity index (χ3v) is 3.07. The maximum atomic E-state index is 13.4. The molecule has 102 valence electrons. The van der Waals surface area contributed by atoms with E-state index in [0.29, 0.717) is 12.1 Å². The molecule has 0 spiro atoms. The molecule has 2 rings (SSSR count). The zero-order chi connectivity index (χ0) is 14.2. The van der Waals surface area contributed by atoms with Gasteiger partial charge < -0.3 is 10.0 Å². The first-order valence-electron chi connectivity index (χ1n) is 5.56. The van der Waals surface area contributed by atoms with Crippen molar-refractivity contribution in [3.8, 4) is 0 Å². The van der Waals surface area contributed by atoms with Crippen LogP contribution in [-0.4, -0.2) is 35.0 Å². The second-order valence-electron chi connectivity index (χ2n) is 4.32. The number of benzene rings is 1. The first-order chi connectivity index (χ1) is 8.90. The third-order valence-electron chi connectivity index (χ3n) is 3.07. The highest BCUT2D eigenvalue weighted by molar-refractivity contribution is 5.95. The number of carbonyl (C=O) groups excluding carboxylic acids is 1. The molecule has 0 aliphatic carbocycles. The Bertz CT molecular complexity index is 547. The first-order valence-corrected chi connectivity index (χ1v) is 5.56. The minimum Gasteiger partial charge on any atom is -0.481 e. The molecule has 0 radical (unpaired) electrons. The van der Waals surface area contributed by atoms with Gasteiger partial charge in [-0.15, -0.1) is 0 Å². The Balaban J connectivity index is 2.22. The van der Waals surface area contributed by atoms with E-state index in [1.54, 1.807) is 0 Å². The fourth-order valence-electron chi connectivity index (χ4n) is 2.00. The normalized spacial score (nSPS) is 18.7. The van der Waals surface area contributed by atoms with Crippen LogP contribution in [0.4, 0.5) is 13.2 Å². The molecule has 1 atom stereocenters. The van der Waals surface area contributed by atoms with Crippen molar-refractivity contribution in [1.82, 2.24) is 4.90 Å². The molecular formula is C12H10F3NO3. The van der Waals surface area contributed by atoms with Crippen LogP contribution in [-0.2, 0) is 4.79 Å². The van der Waals surface area contributed by atoms with Gasteiger partial charge in [0.25, 0.3) is 5.91 Å². The van der Waals surface area contributed by atoms with Crippen LogP contribution in [0.15, 0.2) is 12.1 Å². The summed E-state index contributed by atoms with van der Waals surface area (Å²) >= 11 is 0. The quantitative estimate of drug-likeness (QED) is 0.833. The molecule has 4 nitrogen and oxygen atoms in total. The maximum absolute atomic E-state index is 13.4. The average molecular weight is 273 g/mol. The topological polar surface area (TPSA) is 57.6 Å².